The van der Waals surface area contributed by atoms with Crippen molar-refractivity contribution in [1.82, 2.24) is 0 Å². The van der Waals surface area contributed by atoms with Gasteiger partial charge in [-0.05, 0) is 31.0 Å². The molecule has 0 aliphatic carbocycles. The topological polar surface area (TPSA) is 29.3 Å². The Morgan fingerprint density at radius 1 is 1.00 bits per heavy atom. The number of halogens is 2. The van der Waals surface area contributed by atoms with E-state index in [1.807, 2.05) is 43.0 Å². The SMILES string of the molecule is CCN(Cc1ccccc1C)c1ccc(CN)c(F)c1F. The molecule has 0 aliphatic rings. The highest BCUT2D eigenvalue weighted by molar-refractivity contribution is 5.50. The van der Waals surface area contributed by atoms with Crippen molar-refractivity contribution in [2.75, 3.05) is 11.4 Å². The van der Waals surface area contributed by atoms with Gasteiger partial charge in [-0.15, -0.1) is 0 Å². The summed E-state index contributed by atoms with van der Waals surface area (Å²) >= 11 is 0. The zero-order valence-electron chi connectivity index (χ0n) is 12.4. The second kappa shape index (κ2) is 6.68. The average molecular weight is 290 g/mol. The summed E-state index contributed by atoms with van der Waals surface area (Å²) in [5, 5.41) is 0. The van der Waals surface area contributed by atoms with Crippen molar-refractivity contribution >= 4 is 5.69 Å². The third kappa shape index (κ3) is 3.22. The minimum absolute atomic E-state index is 0.00699. The minimum atomic E-state index is -0.849. The lowest BCUT2D eigenvalue weighted by molar-refractivity contribution is 0.497. The Bertz CT molecular complexity index is 626. The molecule has 0 spiro atoms. The molecular formula is C17H20F2N2. The Morgan fingerprint density at radius 2 is 1.71 bits per heavy atom. The first-order chi connectivity index (χ1) is 10.1. The van der Waals surface area contributed by atoms with Crippen LogP contribution >= 0.6 is 0 Å². The minimum Gasteiger partial charge on any atom is -0.365 e. The largest absolute Gasteiger partial charge is 0.365 e. The summed E-state index contributed by atoms with van der Waals surface area (Å²) in [5.74, 6) is -1.67. The van der Waals surface area contributed by atoms with Crippen LogP contribution in [-0.4, -0.2) is 6.54 Å². The van der Waals surface area contributed by atoms with E-state index in [0.717, 1.165) is 11.1 Å². The maximum atomic E-state index is 14.2. The van der Waals surface area contributed by atoms with E-state index in [4.69, 9.17) is 5.73 Å². The van der Waals surface area contributed by atoms with Crippen molar-refractivity contribution in [3.8, 4) is 0 Å². The van der Waals surface area contributed by atoms with Crippen LogP contribution in [0.1, 0.15) is 23.6 Å². The van der Waals surface area contributed by atoms with E-state index < -0.39 is 11.6 Å². The molecule has 21 heavy (non-hydrogen) atoms. The molecule has 0 amide bonds. The molecule has 0 saturated carbocycles. The summed E-state index contributed by atoms with van der Waals surface area (Å²) in [6.45, 7) is 5.06. The van der Waals surface area contributed by atoms with Crippen LogP contribution in [0.15, 0.2) is 36.4 Å². The summed E-state index contributed by atoms with van der Waals surface area (Å²) < 4.78 is 28.1. The van der Waals surface area contributed by atoms with E-state index in [9.17, 15) is 8.78 Å². The summed E-state index contributed by atoms with van der Waals surface area (Å²) in [7, 11) is 0. The van der Waals surface area contributed by atoms with Crippen molar-refractivity contribution in [3.05, 3.63) is 64.7 Å². The van der Waals surface area contributed by atoms with E-state index in [1.165, 1.54) is 0 Å². The molecule has 0 saturated heterocycles. The summed E-state index contributed by atoms with van der Waals surface area (Å²) in [4.78, 5) is 1.82. The monoisotopic (exact) mass is 290 g/mol. The first kappa shape index (κ1) is 15.4. The Labute approximate surface area is 124 Å². The lowest BCUT2D eigenvalue weighted by atomic mass is 10.1. The predicted octanol–water partition coefficient (Wildman–Crippen LogP) is 3.76. The van der Waals surface area contributed by atoms with Crippen LogP contribution in [0.2, 0.25) is 0 Å². The van der Waals surface area contributed by atoms with Crippen molar-refractivity contribution in [3.63, 3.8) is 0 Å². The van der Waals surface area contributed by atoms with Crippen LogP contribution in [0.5, 0.6) is 0 Å². The highest BCUT2D eigenvalue weighted by atomic mass is 19.2. The molecule has 2 nitrogen and oxygen atoms in total. The Morgan fingerprint density at radius 3 is 2.33 bits per heavy atom. The molecule has 2 N–H and O–H groups in total. The van der Waals surface area contributed by atoms with Gasteiger partial charge in [-0.25, -0.2) is 8.78 Å². The fourth-order valence-electron chi connectivity index (χ4n) is 2.34. The van der Waals surface area contributed by atoms with E-state index in [1.54, 1.807) is 12.1 Å². The van der Waals surface area contributed by atoms with Crippen LogP contribution < -0.4 is 10.6 Å². The maximum Gasteiger partial charge on any atom is 0.182 e. The molecule has 0 unspecified atom stereocenters. The number of nitrogens with zero attached hydrogens (tertiary/aromatic N) is 1. The fourth-order valence-corrected chi connectivity index (χ4v) is 2.34. The molecule has 112 valence electrons. The van der Waals surface area contributed by atoms with Crippen LogP contribution in [-0.2, 0) is 13.1 Å². The number of aryl methyl sites for hydroxylation is 1. The summed E-state index contributed by atoms with van der Waals surface area (Å²) in [6, 6.07) is 11.1. The molecule has 0 atom stereocenters. The van der Waals surface area contributed by atoms with Gasteiger partial charge in [0.1, 0.15) is 0 Å². The Balaban J connectivity index is 2.34. The van der Waals surface area contributed by atoms with Crippen LogP contribution in [0.4, 0.5) is 14.5 Å². The smallest absolute Gasteiger partial charge is 0.182 e. The lowest BCUT2D eigenvalue weighted by Crippen LogP contribution is -2.24. The molecule has 0 radical (unpaired) electrons. The molecule has 4 heteroatoms. The number of rotatable bonds is 5. The first-order valence-electron chi connectivity index (χ1n) is 7.04. The highest BCUT2D eigenvalue weighted by Gasteiger charge is 2.17. The van der Waals surface area contributed by atoms with Crippen LogP contribution in [0.25, 0.3) is 0 Å². The van der Waals surface area contributed by atoms with Gasteiger partial charge in [0.25, 0.3) is 0 Å². The quantitative estimate of drug-likeness (QED) is 0.908. The van der Waals surface area contributed by atoms with Gasteiger partial charge in [0.05, 0.1) is 5.69 Å². The van der Waals surface area contributed by atoms with Gasteiger partial charge in [-0.3, -0.25) is 0 Å². The van der Waals surface area contributed by atoms with E-state index >= 15 is 0 Å². The van der Waals surface area contributed by atoms with Gasteiger partial charge in [-0.2, -0.15) is 0 Å². The molecule has 0 fully saturated rings. The molecule has 0 aliphatic heterocycles. The third-order valence-corrected chi connectivity index (χ3v) is 3.71. The maximum absolute atomic E-state index is 14.2. The lowest BCUT2D eigenvalue weighted by Gasteiger charge is -2.25. The normalized spacial score (nSPS) is 10.7. The number of benzene rings is 2. The van der Waals surface area contributed by atoms with E-state index in [-0.39, 0.29) is 17.8 Å². The zero-order chi connectivity index (χ0) is 15.4. The highest BCUT2D eigenvalue weighted by Crippen LogP contribution is 2.26. The molecule has 0 heterocycles. The number of hydrogen-bond acceptors (Lipinski definition) is 2. The van der Waals surface area contributed by atoms with Crippen LogP contribution in [0.3, 0.4) is 0 Å². The molecular weight excluding hydrogens is 270 g/mol. The second-order valence-electron chi connectivity index (χ2n) is 5.02. The van der Waals surface area contributed by atoms with Gasteiger partial charge in [0.15, 0.2) is 11.6 Å². The molecule has 2 rings (SSSR count). The molecule has 2 aromatic carbocycles. The Hall–Kier alpha value is -1.94. The van der Waals surface area contributed by atoms with Crippen LogP contribution in [0, 0.1) is 18.6 Å². The molecule has 2 aromatic rings. The summed E-state index contributed by atoms with van der Waals surface area (Å²) in [5.41, 5.74) is 8.11. The first-order valence-corrected chi connectivity index (χ1v) is 7.04. The fraction of sp³-hybridized carbons (Fsp3) is 0.294. The Kier molecular flexibility index (Phi) is 4.91. The number of anilines is 1. The summed E-state index contributed by atoms with van der Waals surface area (Å²) in [6.07, 6.45) is 0. The van der Waals surface area contributed by atoms with Gasteiger partial charge < -0.3 is 10.6 Å². The predicted molar refractivity (Wildman–Crippen MR) is 82.2 cm³/mol. The van der Waals surface area contributed by atoms with Crippen molar-refractivity contribution in [2.45, 2.75) is 26.9 Å². The molecule has 0 bridgehead atoms. The zero-order valence-corrected chi connectivity index (χ0v) is 12.4. The molecule has 0 aromatic heterocycles. The average Bonchev–Trinajstić information content (AvgIpc) is 2.50. The standard InChI is InChI=1S/C17H20F2N2/c1-3-21(11-14-7-5-4-6-12(14)2)15-9-8-13(10-20)16(18)17(15)19/h4-9H,3,10-11,20H2,1-2H3. The van der Waals surface area contributed by atoms with Gasteiger partial charge in [0, 0.05) is 25.2 Å². The third-order valence-electron chi connectivity index (χ3n) is 3.71. The van der Waals surface area contributed by atoms with Crippen molar-refractivity contribution < 1.29 is 8.78 Å². The number of nitrogens with two attached hydrogens (primary N) is 1. The van der Waals surface area contributed by atoms with E-state index in [0.29, 0.717) is 13.1 Å². The number of hydrogen-bond donors (Lipinski definition) is 1. The van der Waals surface area contributed by atoms with Crippen molar-refractivity contribution in [1.29, 1.82) is 0 Å². The van der Waals surface area contributed by atoms with Crippen molar-refractivity contribution in [2.24, 2.45) is 5.73 Å². The van der Waals surface area contributed by atoms with Gasteiger partial charge >= 0.3 is 0 Å². The van der Waals surface area contributed by atoms with E-state index in [2.05, 4.69) is 0 Å². The van der Waals surface area contributed by atoms with Gasteiger partial charge in [0.2, 0.25) is 0 Å². The van der Waals surface area contributed by atoms with Gasteiger partial charge in [-0.1, -0.05) is 30.3 Å². The second-order valence-corrected chi connectivity index (χ2v) is 5.02.